The standard InChI is InChI=1S/C22H23FN4O/c23-18-8-6-17(7-9-18)20-15-21(26-25-20)27-12-10-19(11-13-27)24-22(28)14-16-4-2-1-3-5-16/h1-9,15,19H,10-14H2,(H,24,28)(H,25,26). The number of halogens is 1. The molecule has 0 saturated carbocycles. The first-order valence-corrected chi connectivity index (χ1v) is 9.57. The molecule has 1 aliphatic heterocycles. The van der Waals surface area contributed by atoms with Gasteiger partial charge in [0.25, 0.3) is 0 Å². The van der Waals surface area contributed by atoms with Gasteiger partial charge in [0.1, 0.15) is 5.82 Å². The van der Waals surface area contributed by atoms with Crippen LogP contribution in [0.15, 0.2) is 60.7 Å². The summed E-state index contributed by atoms with van der Waals surface area (Å²) >= 11 is 0. The van der Waals surface area contributed by atoms with E-state index in [2.05, 4.69) is 20.4 Å². The van der Waals surface area contributed by atoms with Crippen molar-refractivity contribution in [3.05, 3.63) is 72.0 Å². The van der Waals surface area contributed by atoms with Crippen molar-refractivity contribution in [1.82, 2.24) is 15.5 Å². The summed E-state index contributed by atoms with van der Waals surface area (Å²) in [5, 5.41) is 10.6. The SMILES string of the molecule is O=C(Cc1ccccc1)NC1CCN(c2cc(-c3ccc(F)cc3)[nH]n2)CC1. The van der Waals surface area contributed by atoms with Crippen molar-refractivity contribution >= 4 is 11.7 Å². The van der Waals surface area contributed by atoms with Crippen molar-refractivity contribution in [3.63, 3.8) is 0 Å². The predicted octanol–water partition coefficient (Wildman–Crippen LogP) is 3.54. The van der Waals surface area contributed by atoms with Crippen LogP contribution in [-0.2, 0) is 11.2 Å². The molecule has 5 nitrogen and oxygen atoms in total. The van der Waals surface area contributed by atoms with Gasteiger partial charge >= 0.3 is 0 Å². The van der Waals surface area contributed by atoms with Gasteiger partial charge in [-0.1, -0.05) is 30.3 Å². The second-order valence-corrected chi connectivity index (χ2v) is 7.14. The van der Waals surface area contributed by atoms with E-state index in [1.54, 1.807) is 12.1 Å². The Morgan fingerprint density at radius 1 is 1.11 bits per heavy atom. The lowest BCUT2D eigenvalue weighted by atomic mass is 10.0. The van der Waals surface area contributed by atoms with Crippen LogP contribution in [0.5, 0.6) is 0 Å². The summed E-state index contributed by atoms with van der Waals surface area (Å²) in [6.45, 7) is 1.67. The number of carbonyl (C=O) groups excluding carboxylic acids is 1. The fourth-order valence-electron chi connectivity index (χ4n) is 3.56. The number of amides is 1. The Morgan fingerprint density at radius 2 is 1.82 bits per heavy atom. The number of carbonyl (C=O) groups is 1. The highest BCUT2D eigenvalue weighted by molar-refractivity contribution is 5.78. The van der Waals surface area contributed by atoms with Gasteiger partial charge in [0, 0.05) is 25.2 Å². The Labute approximate surface area is 163 Å². The third-order valence-electron chi connectivity index (χ3n) is 5.11. The molecule has 0 bridgehead atoms. The first-order valence-electron chi connectivity index (χ1n) is 9.57. The smallest absolute Gasteiger partial charge is 0.224 e. The van der Waals surface area contributed by atoms with Crippen molar-refractivity contribution < 1.29 is 9.18 Å². The summed E-state index contributed by atoms with van der Waals surface area (Å²) < 4.78 is 13.1. The van der Waals surface area contributed by atoms with Crippen LogP contribution >= 0.6 is 0 Å². The molecule has 4 rings (SSSR count). The average Bonchev–Trinajstić information content (AvgIpc) is 3.20. The monoisotopic (exact) mass is 378 g/mol. The summed E-state index contributed by atoms with van der Waals surface area (Å²) in [4.78, 5) is 14.5. The van der Waals surface area contributed by atoms with Gasteiger partial charge in [-0.25, -0.2) is 4.39 Å². The maximum atomic E-state index is 13.1. The molecule has 0 spiro atoms. The van der Waals surface area contributed by atoms with E-state index in [-0.39, 0.29) is 17.8 Å². The van der Waals surface area contributed by atoms with Crippen LogP contribution in [0.1, 0.15) is 18.4 Å². The zero-order valence-corrected chi connectivity index (χ0v) is 15.6. The van der Waals surface area contributed by atoms with Crippen LogP contribution < -0.4 is 10.2 Å². The minimum absolute atomic E-state index is 0.0722. The van der Waals surface area contributed by atoms with E-state index >= 15 is 0 Å². The molecule has 1 fully saturated rings. The lowest BCUT2D eigenvalue weighted by Crippen LogP contribution is -2.45. The molecule has 0 aliphatic carbocycles. The number of nitrogens with zero attached hydrogens (tertiary/aromatic N) is 2. The summed E-state index contributed by atoms with van der Waals surface area (Å²) in [7, 11) is 0. The number of rotatable bonds is 5. The number of aromatic amines is 1. The molecule has 2 aromatic carbocycles. The quantitative estimate of drug-likeness (QED) is 0.714. The second-order valence-electron chi connectivity index (χ2n) is 7.14. The number of hydrogen-bond donors (Lipinski definition) is 2. The Kier molecular flexibility index (Phi) is 5.37. The van der Waals surface area contributed by atoms with Gasteiger partial charge in [-0.05, 0) is 48.2 Å². The van der Waals surface area contributed by atoms with Crippen LogP contribution in [0, 0.1) is 5.82 Å². The predicted molar refractivity (Wildman–Crippen MR) is 108 cm³/mol. The normalized spacial score (nSPS) is 14.8. The minimum Gasteiger partial charge on any atom is -0.355 e. The van der Waals surface area contributed by atoms with Crippen LogP contribution in [0.2, 0.25) is 0 Å². The topological polar surface area (TPSA) is 61.0 Å². The maximum absolute atomic E-state index is 13.1. The van der Waals surface area contributed by atoms with Gasteiger partial charge in [-0.2, -0.15) is 5.10 Å². The van der Waals surface area contributed by atoms with Crippen LogP contribution in [0.25, 0.3) is 11.3 Å². The molecule has 1 aliphatic rings. The van der Waals surface area contributed by atoms with E-state index in [1.165, 1.54) is 12.1 Å². The fourth-order valence-corrected chi connectivity index (χ4v) is 3.56. The van der Waals surface area contributed by atoms with E-state index in [1.807, 2.05) is 36.4 Å². The molecule has 144 valence electrons. The highest BCUT2D eigenvalue weighted by atomic mass is 19.1. The molecule has 0 unspecified atom stereocenters. The van der Waals surface area contributed by atoms with Gasteiger partial charge < -0.3 is 10.2 Å². The van der Waals surface area contributed by atoms with E-state index in [0.29, 0.717) is 6.42 Å². The van der Waals surface area contributed by atoms with Gasteiger partial charge in [0.05, 0.1) is 12.1 Å². The maximum Gasteiger partial charge on any atom is 0.224 e. The van der Waals surface area contributed by atoms with E-state index in [0.717, 1.165) is 48.6 Å². The lowest BCUT2D eigenvalue weighted by Gasteiger charge is -2.32. The third-order valence-corrected chi connectivity index (χ3v) is 5.11. The van der Waals surface area contributed by atoms with E-state index in [4.69, 9.17) is 0 Å². The lowest BCUT2D eigenvalue weighted by molar-refractivity contribution is -0.121. The number of H-pyrrole nitrogens is 1. The van der Waals surface area contributed by atoms with Crippen LogP contribution in [0.3, 0.4) is 0 Å². The van der Waals surface area contributed by atoms with Crippen molar-refractivity contribution in [2.75, 3.05) is 18.0 Å². The summed E-state index contributed by atoms with van der Waals surface area (Å²) in [5.41, 5.74) is 2.80. The van der Waals surface area contributed by atoms with Gasteiger partial charge in [-0.3, -0.25) is 9.89 Å². The molecule has 1 saturated heterocycles. The molecule has 0 radical (unpaired) electrons. The highest BCUT2D eigenvalue weighted by Crippen LogP contribution is 2.24. The highest BCUT2D eigenvalue weighted by Gasteiger charge is 2.22. The summed E-state index contributed by atoms with van der Waals surface area (Å²) in [6, 6.07) is 18.3. The van der Waals surface area contributed by atoms with Gasteiger partial charge in [0.15, 0.2) is 5.82 Å². The van der Waals surface area contributed by atoms with Gasteiger partial charge in [0.2, 0.25) is 5.91 Å². The molecule has 3 aromatic rings. The van der Waals surface area contributed by atoms with Crippen LogP contribution in [0.4, 0.5) is 10.2 Å². The van der Waals surface area contributed by atoms with Gasteiger partial charge in [-0.15, -0.1) is 0 Å². The Morgan fingerprint density at radius 3 is 2.54 bits per heavy atom. The molecule has 28 heavy (non-hydrogen) atoms. The van der Waals surface area contributed by atoms with E-state index < -0.39 is 0 Å². The molecule has 2 N–H and O–H groups in total. The Balaban J connectivity index is 1.29. The molecular weight excluding hydrogens is 355 g/mol. The molecule has 6 heteroatoms. The molecule has 1 amide bonds. The summed E-state index contributed by atoms with van der Waals surface area (Å²) in [5.74, 6) is 0.705. The largest absolute Gasteiger partial charge is 0.355 e. The van der Waals surface area contributed by atoms with Crippen molar-refractivity contribution in [3.8, 4) is 11.3 Å². The third kappa shape index (κ3) is 4.39. The molecule has 2 heterocycles. The zero-order valence-electron chi connectivity index (χ0n) is 15.6. The summed E-state index contributed by atoms with van der Waals surface area (Å²) in [6.07, 6.45) is 2.19. The Hall–Kier alpha value is -3.15. The molecule has 0 atom stereocenters. The van der Waals surface area contributed by atoms with Crippen molar-refractivity contribution in [2.45, 2.75) is 25.3 Å². The fraction of sp³-hybridized carbons (Fsp3) is 0.273. The first-order chi connectivity index (χ1) is 13.7. The minimum atomic E-state index is -0.250. The first kappa shape index (κ1) is 18.2. The Bertz CT molecular complexity index is 915. The average molecular weight is 378 g/mol. The number of aromatic nitrogens is 2. The molecule has 1 aromatic heterocycles. The van der Waals surface area contributed by atoms with E-state index in [9.17, 15) is 9.18 Å². The molecular formula is C22H23FN4O. The number of piperidine rings is 1. The number of benzene rings is 2. The number of nitrogens with one attached hydrogen (secondary N) is 2. The van der Waals surface area contributed by atoms with Crippen molar-refractivity contribution in [1.29, 1.82) is 0 Å². The van der Waals surface area contributed by atoms with Crippen LogP contribution in [-0.4, -0.2) is 35.2 Å². The number of hydrogen-bond acceptors (Lipinski definition) is 3. The zero-order chi connectivity index (χ0) is 19.3. The second kappa shape index (κ2) is 8.25. The van der Waals surface area contributed by atoms with Crippen molar-refractivity contribution in [2.24, 2.45) is 0 Å². The number of anilines is 1.